The number of H-pyrrole nitrogens is 1. The zero-order valence-electron chi connectivity index (χ0n) is 27.8. The van der Waals surface area contributed by atoms with E-state index in [2.05, 4.69) is 20.9 Å². The number of nitrogens with one attached hydrogen (secondary N) is 4. The van der Waals surface area contributed by atoms with Crippen LogP contribution in [0.4, 0.5) is 10.7 Å². The number of thioether (sulfide) groups is 1. The summed E-state index contributed by atoms with van der Waals surface area (Å²) in [4.78, 5) is 56.8. The topological polar surface area (TPSA) is 129 Å². The summed E-state index contributed by atoms with van der Waals surface area (Å²) < 4.78 is 5.32. The van der Waals surface area contributed by atoms with E-state index in [1.54, 1.807) is 61.7 Å². The molecule has 11 heteroatoms. The van der Waals surface area contributed by atoms with Crippen LogP contribution in [0.5, 0.6) is 0 Å². The Balaban J connectivity index is 1.15. The Labute approximate surface area is 303 Å². The summed E-state index contributed by atoms with van der Waals surface area (Å²) in [7, 11) is 0. The third-order valence-corrected chi connectivity index (χ3v) is 9.69. The number of amides is 3. The first-order valence-electron chi connectivity index (χ1n) is 16.1. The molecule has 0 aliphatic carbocycles. The van der Waals surface area contributed by atoms with Crippen molar-refractivity contribution in [3.63, 3.8) is 0 Å². The van der Waals surface area contributed by atoms with Crippen molar-refractivity contribution < 1.29 is 23.9 Å². The maximum Gasteiger partial charge on any atom is 0.341 e. The summed E-state index contributed by atoms with van der Waals surface area (Å²) in [5, 5.41) is 11.7. The van der Waals surface area contributed by atoms with Crippen molar-refractivity contribution >= 4 is 74.5 Å². The van der Waals surface area contributed by atoms with Gasteiger partial charge in [0.2, 0.25) is 5.91 Å². The minimum atomic E-state index is -0.516. The highest BCUT2D eigenvalue weighted by molar-refractivity contribution is 8.00. The number of benzene rings is 4. The number of aromatic nitrogens is 1. The monoisotopic (exact) mass is 714 g/mol. The lowest BCUT2D eigenvalue weighted by molar-refractivity contribution is -0.114. The summed E-state index contributed by atoms with van der Waals surface area (Å²) in [5.41, 5.74) is 5.56. The maximum atomic E-state index is 13.7. The smallest absolute Gasteiger partial charge is 0.341 e. The van der Waals surface area contributed by atoms with Gasteiger partial charge in [-0.3, -0.25) is 14.4 Å². The highest BCUT2D eigenvalue weighted by Crippen LogP contribution is 2.36. The molecule has 3 amide bonds. The third-order valence-electron chi connectivity index (χ3n) is 7.80. The molecule has 0 spiro atoms. The molecule has 0 atom stereocenters. The van der Waals surface area contributed by atoms with Crippen LogP contribution in [0.25, 0.3) is 28.1 Å². The molecule has 0 radical (unpaired) electrons. The van der Waals surface area contributed by atoms with Crippen molar-refractivity contribution in [2.45, 2.75) is 18.7 Å². The number of thiophene rings is 1. The summed E-state index contributed by atoms with van der Waals surface area (Å²) in [6.07, 6.45) is 3.42. The number of hydrogen-bond donors (Lipinski definition) is 4. The highest BCUT2D eigenvalue weighted by atomic mass is 32.2. The first-order chi connectivity index (χ1) is 24.8. The van der Waals surface area contributed by atoms with Crippen molar-refractivity contribution in [1.82, 2.24) is 10.3 Å². The number of anilines is 2. The number of carbonyl (C=O) groups excluding carboxylic acids is 4. The van der Waals surface area contributed by atoms with E-state index < -0.39 is 17.8 Å². The van der Waals surface area contributed by atoms with Crippen molar-refractivity contribution in [2.24, 2.45) is 0 Å². The summed E-state index contributed by atoms with van der Waals surface area (Å²) in [6.45, 7) is 3.94. The maximum absolute atomic E-state index is 13.7. The van der Waals surface area contributed by atoms with Gasteiger partial charge in [-0.1, -0.05) is 72.3 Å². The third kappa shape index (κ3) is 8.64. The van der Waals surface area contributed by atoms with Gasteiger partial charge >= 0.3 is 5.97 Å². The van der Waals surface area contributed by atoms with Gasteiger partial charge in [0.25, 0.3) is 11.8 Å². The van der Waals surface area contributed by atoms with E-state index in [4.69, 9.17) is 4.74 Å². The molecule has 256 valence electrons. The predicted molar refractivity (Wildman–Crippen MR) is 205 cm³/mol. The number of carbonyl (C=O) groups is 4. The molecule has 6 aromatic rings. The average molecular weight is 715 g/mol. The first kappa shape index (κ1) is 34.9. The Morgan fingerprint density at radius 3 is 2.43 bits per heavy atom. The van der Waals surface area contributed by atoms with Crippen LogP contribution in [0.3, 0.4) is 0 Å². The molecule has 0 bridgehead atoms. The zero-order valence-corrected chi connectivity index (χ0v) is 29.5. The van der Waals surface area contributed by atoms with Crippen LogP contribution < -0.4 is 16.0 Å². The predicted octanol–water partition coefficient (Wildman–Crippen LogP) is 8.52. The SMILES string of the molecule is CCOC(=O)c1c(-c2ccc(C)cc2)csc1NC(=O)CSc1cccc(NC(=O)/C(=C/c2c[nH]c3ccccc23)NC(=O)c2ccccc2)c1. The van der Waals surface area contributed by atoms with E-state index >= 15 is 0 Å². The van der Waals surface area contributed by atoms with Gasteiger partial charge in [0.05, 0.1) is 12.4 Å². The number of aromatic amines is 1. The molecule has 9 nitrogen and oxygen atoms in total. The lowest BCUT2D eigenvalue weighted by Gasteiger charge is -2.12. The number of para-hydroxylation sites is 1. The Kier molecular flexibility index (Phi) is 11.1. The number of hydrogen-bond acceptors (Lipinski definition) is 7. The fraction of sp³-hybridized carbons (Fsp3) is 0.100. The molecule has 0 saturated carbocycles. The van der Waals surface area contributed by atoms with E-state index in [1.165, 1.54) is 23.1 Å². The van der Waals surface area contributed by atoms with Gasteiger partial charge in [-0.2, -0.15) is 0 Å². The Morgan fingerprint density at radius 2 is 1.65 bits per heavy atom. The van der Waals surface area contributed by atoms with Gasteiger partial charge in [-0.25, -0.2) is 4.79 Å². The van der Waals surface area contributed by atoms with E-state index in [1.807, 2.05) is 73.0 Å². The number of ether oxygens (including phenoxy) is 1. The molecule has 0 aliphatic heterocycles. The molecule has 6 rings (SSSR count). The second-order valence-electron chi connectivity index (χ2n) is 11.4. The molecule has 4 aromatic carbocycles. The van der Waals surface area contributed by atoms with Gasteiger partial charge in [0, 0.05) is 49.8 Å². The van der Waals surface area contributed by atoms with Crippen molar-refractivity contribution in [1.29, 1.82) is 0 Å². The molecule has 2 aromatic heterocycles. The van der Waals surface area contributed by atoms with E-state index in [0.29, 0.717) is 27.4 Å². The lowest BCUT2D eigenvalue weighted by atomic mass is 10.0. The van der Waals surface area contributed by atoms with Gasteiger partial charge in [-0.15, -0.1) is 23.1 Å². The van der Waals surface area contributed by atoms with E-state index in [9.17, 15) is 19.2 Å². The molecule has 2 heterocycles. The Hall–Kier alpha value is -5.91. The summed E-state index contributed by atoms with van der Waals surface area (Å²) in [5.74, 6) is -1.69. The molecular weight excluding hydrogens is 681 g/mol. The fourth-order valence-corrected chi connectivity index (χ4v) is 7.01. The standard InChI is InChI=1S/C40H34N4O5S2/c1-3-49-40(48)36-32(26-18-16-25(2)17-19-26)23-51-39(36)44-35(45)24-50-30-13-9-12-29(21-30)42-38(47)34(43-37(46)27-10-5-4-6-11-27)20-28-22-41-33-15-8-7-14-31(28)33/h4-23,41H,3,24H2,1-2H3,(H,42,47)(H,43,46)(H,44,45)/b34-20-. The molecule has 0 saturated heterocycles. The van der Waals surface area contributed by atoms with Crippen LogP contribution in [0, 0.1) is 6.92 Å². The Bertz CT molecular complexity index is 2240. The zero-order chi connectivity index (χ0) is 35.7. The number of esters is 1. The number of rotatable bonds is 12. The molecule has 51 heavy (non-hydrogen) atoms. The first-order valence-corrected chi connectivity index (χ1v) is 18.0. The van der Waals surface area contributed by atoms with Crippen LogP contribution in [-0.4, -0.2) is 41.0 Å². The summed E-state index contributed by atoms with van der Waals surface area (Å²) in [6, 6.07) is 31.2. The van der Waals surface area contributed by atoms with Gasteiger partial charge in [0.1, 0.15) is 16.3 Å². The second-order valence-corrected chi connectivity index (χ2v) is 13.4. The second kappa shape index (κ2) is 16.2. The average Bonchev–Trinajstić information content (AvgIpc) is 3.75. The minimum absolute atomic E-state index is 0.0519. The minimum Gasteiger partial charge on any atom is -0.462 e. The van der Waals surface area contributed by atoms with Crippen molar-refractivity contribution in [3.05, 3.63) is 143 Å². The lowest BCUT2D eigenvalue weighted by Crippen LogP contribution is -2.30. The number of aryl methyl sites for hydroxylation is 1. The number of fused-ring (bicyclic) bond motifs is 1. The largest absolute Gasteiger partial charge is 0.462 e. The molecule has 0 aliphatic rings. The van der Waals surface area contributed by atoms with E-state index in [0.717, 1.165) is 32.5 Å². The normalized spacial score (nSPS) is 11.2. The fourth-order valence-electron chi connectivity index (χ4n) is 5.29. The van der Waals surface area contributed by atoms with Crippen LogP contribution >= 0.6 is 23.1 Å². The molecular formula is C40H34N4O5S2. The summed E-state index contributed by atoms with van der Waals surface area (Å²) >= 11 is 2.55. The molecule has 0 unspecified atom stereocenters. The van der Waals surface area contributed by atoms with Gasteiger partial charge < -0.3 is 25.7 Å². The van der Waals surface area contributed by atoms with Crippen molar-refractivity contribution in [2.75, 3.05) is 23.0 Å². The molecule has 4 N–H and O–H groups in total. The van der Waals surface area contributed by atoms with Crippen LogP contribution in [-0.2, 0) is 14.3 Å². The van der Waals surface area contributed by atoms with Crippen LogP contribution in [0.2, 0.25) is 0 Å². The van der Waals surface area contributed by atoms with Gasteiger partial charge in [0.15, 0.2) is 0 Å². The Morgan fingerprint density at radius 1 is 0.882 bits per heavy atom. The van der Waals surface area contributed by atoms with Crippen LogP contribution in [0.15, 0.2) is 125 Å². The van der Waals surface area contributed by atoms with Crippen LogP contribution in [0.1, 0.15) is 38.8 Å². The highest BCUT2D eigenvalue weighted by Gasteiger charge is 2.23. The van der Waals surface area contributed by atoms with E-state index in [-0.39, 0.29) is 24.0 Å². The van der Waals surface area contributed by atoms with Gasteiger partial charge in [-0.05, 0) is 61.9 Å². The van der Waals surface area contributed by atoms with Crippen molar-refractivity contribution in [3.8, 4) is 11.1 Å². The molecule has 0 fully saturated rings. The quantitative estimate of drug-likeness (QED) is 0.0572.